The third kappa shape index (κ3) is 8.62. The number of rotatable bonds is 11. The molecule has 0 aliphatic heterocycles. The number of fused-ring (bicyclic) bond motifs is 1. The van der Waals surface area contributed by atoms with E-state index in [0.717, 1.165) is 66.1 Å². The monoisotopic (exact) mass is 736 g/mol. The molecule has 0 saturated carbocycles. The first-order valence-electron chi connectivity index (χ1n) is 15.7. The van der Waals surface area contributed by atoms with Gasteiger partial charge in [0, 0.05) is 43.2 Å². The molecule has 1 radical (unpaired) electrons. The fourth-order valence-electron chi connectivity index (χ4n) is 5.73. The Morgan fingerprint density at radius 3 is 1.98 bits per heavy atom. The Morgan fingerprint density at radius 2 is 1.49 bits per heavy atom. The second-order valence-electron chi connectivity index (χ2n) is 11.6. The number of carbonyl (C=O) groups excluding carboxylic acids is 1. The SMILES string of the molecule is CCC(CC)(CC)C(=O)/C=C(\O)C(CC)(CC)CC.[2H]c1cc2cc(C(C)C)ccc2c(-c2[c-]c(C)cc(C)c2)n1.[Ir]. The maximum atomic E-state index is 12.5. The molecule has 3 nitrogen and oxygen atoms in total. The van der Waals surface area contributed by atoms with Crippen molar-refractivity contribution in [2.24, 2.45) is 10.8 Å². The maximum absolute atomic E-state index is 12.5. The Balaban J connectivity index is 0.000000416. The summed E-state index contributed by atoms with van der Waals surface area (Å²) in [5.41, 5.74) is 4.87. The second kappa shape index (κ2) is 16.4. The zero-order valence-electron chi connectivity index (χ0n) is 28.0. The molecule has 0 aliphatic carbocycles. The van der Waals surface area contributed by atoms with E-state index < -0.39 is 0 Å². The molecule has 1 heterocycles. The fraction of sp³-hybridized carbons (Fsp3) is 0.514. The number of carbonyl (C=O) groups is 1. The predicted molar refractivity (Wildman–Crippen MR) is 172 cm³/mol. The van der Waals surface area contributed by atoms with E-state index in [4.69, 9.17) is 1.37 Å². The summed E-state index contributed by atoms with van der Waals surface area (Å²) in [4.78, 5) is 17.0. The molecule has 3 aromatic rings. The van der Waals surface area contributed by atoms with Gasteiger partial charge in [-0.15, -0.1) is 34.9 Å². The van der Waals surface area contributed by atoms with E-state index in [0.29, 0.717) is 12.1 Å². The number of aryl methyl sites for hydroxylation is 2. The Kier molecular flexibility index (Phi) is 13.9. The first kappa shape index (κ1) is 34.9. The van der Waals surface area contributed by atoms with Crippen molar-refractivity contribution in [3.63, 3.8) is 0 Å². The number of hydrogen-bond acceptors (Lipinski definition) is 3. The normalized spacial score (nSPS) is 12.5. The minimum Gasteiger partial charge on any atom is -0.512 e. The molecule has 0 unspecified atom stereocenters. The van der Waals surface area contributed by atoms with Crippen LogP contribution in [0.5, 0.6) is 0 Å². The van der Waals surface area contributed by atoms with Crippen LogP contribution in [0.1, 0.15) is 118 Å². The van der Waals surface area contributed by atoms with E-state index in [1.807, 2.05) is 13.0 Å². The van der Waals surface area contributed by atoms with Crippen molar-refractivity contribution in [3.8, 4) is 11.3 Å². The molecule has 0 spiro atoms. The van der Waals surface area contributed by atoms with Gasteiger partial charge in [0.05, 0.1) is 1.37 Å². The van der Waals surface area contributed by atoms with Crippen LogP contribution in [-0.2, 0) is 24.9 Å². The molecule has 0 amide bonds. The molecule has 1 N–H and O–H groups in total. The molecule has 41 heavy (non-hydrogen) atoms. The van der Waals surface area contributed by atoms with Crippen LogP contribution >= 0.6 is 0 Å². The molecule has 4 heteroatoms. The molecular formula is C37H52IrNO2-. The van der Waals surface area contributed by atoms with Gasteiger partial charge in [-0.3, -0.25) is 4.79 Å². The van der Waals surface area contributed by atoms with Crippen molar-refractivity contribution in [2.75, 3.05) is 0 Å². The predicted octanol–water partition coefficient (Wildman–Crippen LogP) is 10.9. The Labute approximate surface area is 265 Å². The van der Waals surface area contributed by atoms with Crippen LogP contribution in [-0.4, -0.2) is 15.9 Å². The number of pyridine rings is 1. The minimum absolute atomic E-state index is 0. The van der Waals surface area contributed by atoms with Crippen molar-refractivity contribution in [2.45, 2.75) is 114 Å². The number of allylic oxidation sites excluding steroid dienone is 2. The summed E-state index contributed by atoms with van der Waals surface area (Å²) in [7, 11) is 0. The van der Waals surface area contributed by atoms with Gasteiger partial charge in [0.15, 0.2) is 5.78 Å². The van der Waals surface area contributed by atoms with E-state index in [1.54, 1.807) is 0 Å². The van der Waals surface area contributed by atoms with E-state index >= 15 is 0 Å². The van der Waals surface area contributed by atoms with Gasteiger partial charge in [-0.25, -0.2) is 0 Å². The van der Waals surface area contributed by atoms with E-state index in [-0.39, 0.29) is 42.5 Å². The van der Waals surface area contributed by atoms with Gasteiger partial charge in [-0.1, -0.05) is 87.4 Å². The number of aliphatic hydroxyl groups is 1. The zero-order valence-corrected chi connectivity index (χ0v) is 29.4. The summed E-state index contributed by atoms with van der Waals surface area (Å²) in [6.45, 7) is 20.9. The second-order valence-corrected chi connectivity index (χ2v) is 11.6. The third-order valence-electron chi connectivity index (χ3n) is 9.19. The zero-order chi connectivity index (χ0) is 31.0. The average Bonchev–Trinajstić information content (AvgIpc) is 2.94. The summed E-state index contributed by atoms with van der Waals surface area (Å²) in [5.74, 6) is 0.852. The standard InChI is InChI=1S/C20H20N.C17H32O2.Ir/c1-13(2)16-5-6-19-17(12-16)7-8-21-20(19)18-10-14(3)9-15(4)11-18;1-7-16(8-2,9-3)14(18)13-15(19)17(10-4,11-5)12-6;/h5-10,12-13H,1-4H3;13,18H,7-12H2,1-6H3;/q-1;;/b;14-13-;/i8D;;. The van der Waals surface area contributed by atoms with Gasteiger partial charge in [-0.05, 0) is 72.5 Å². The number of benzene rings is 2. The number of aliphatic hydroxyl groups excluding tert-OH is 1. The summed E-state index contributed by atoms with van der Waals surface area (Å²) in [6.07, 6.45) is 6.93. The first-order chi connectivity index (χ1) is 19.3. The van der Waals surface area contributed by atoms with Crippen molar-refractivity contribution in [3.05, 3.63) is 77.2 Å². The molecule has 0 fully saturated rings. The van der Waals surface area contributed by atoms with Crippen LogP contribution < -0.4 is 0 Å². The van der Waals surface area contributed by atoms with Crippen LogP contribution in [0.15, 0.2) is 54.4 Å². The fourth-order valence-corrected chi connectivity index (χ4v) is 5.73. The van der Waals surface area contributed by atoms with Crippen LogP contribution in [0.2, 0.25) is 0 Å². The summed E-state index contributed by atoms with van der Waals surface area (Å²) < 4.78 is 8.03. The van der Waals surface area contributed by atoms with Crippen LogP contribution in [0, 0.1) is 30.7 Å². The summed E-state index contributed by atoms with van der Waals surface area (Å²) >= 11 is 0. The quantitative estimate of drug-likeness (QED) is 0.121. The molecule has 0 bridgehead atoms. The molecular weight excluding hydrogens is 683 g/mol. The maximum Gasteiger partial charge on any atom is 0.165 e. The van der Waals surface area contributed by atoms with Crippen molar-refractivity contribution in [1.82, 2.24) is 4.98 Å². The summed E-state index contributed by atoms with van der Waals surface area (Å²) in [5, 5.41) is 12.6. The van der Waals surface area contributed by atoms with Gasteiger partial charge >= 0.3 is 0 Å². The smallest absolute Gasteiger partial charge is 0.165 e. The van der Waals surface area contributed by atoms with Gasteiger partial charge in [-0.2, -0.15) is 0 Å². The van der Waals surface area contributed by atoms with Crippen molar-refractivity contribution in [1.29, 1.82) is 0 Å². The van der Waals surface area contributed by atoms with Gasteiger partial charge in [0.1, 0.15) is 5.76 Å². The Morgan fingerprint density at radius 1 is 0.927 bits per heavy atom. The molecule has 0 aliphatic rings. The average molecular weight is 736 g/mol. The molecule has 0 atom stereocenters. The molecule has 2 aromatic carbocycles. The van der Waals surface area contributed by atoms with Gasteiger partial charge in [0.2, 0.25) is 0 Å². The van der Waals surface area contributed by atoms with Gasteiger partial charge < -0.3 is 10.1 Å². The Hall–Kier alpha value is -2.29. The summed E-state index contributed by atoms with van der Waals surface area (Å²) in [6, 6.07) is 15.9. The van der Waals surface area contributed by atoms with E-state index in [9.17, 15) is 9.90 Å². The largest absolute Gasteiger partial charge is 0.512 e. The van der Waals surface area contributed by atoms with Crippen LogP contribution in [0.25, 0.3) is 22.0 Å². The number of ketones is 1. The van der Waals surface area contributed by atoms with Crippen molar-refractivity contribution >= 4 is 16.6 Å². The minimum atomic E-state index is -0.297. The molecule has 0 saturated heterocycles. The van der Waals surface area contributed by atoms with Gasteiger partial charge in [0.25, 0.3) is 0 Å². The number of aromatic nitrogens is 1. The van der Waals surface area contributed by atoms with E-state index in [2.05, 4.69) is 104 Å². The number of nitrogens with zero attached hydrogens (tertiary/aromatic N) is 1. The molecule has 227 valence electrons. The first-order valence-corrected chi connectivity index (χ1v) is 15.2. The van der Waals surface area contributed by atoms with Crippen LogP contribution in [0.3, 0.4) is 0 Å². The number of hydrogen-bond donors (Lipinski definition) is 1. The third-order valence-corrected chi connectivity index (χ3v) is 9.19. The van der Waals surface area contributed by atoms with E-state index in [1.165, 1.54) is 17.2 Å². The van der Waals surface area contributed by atoms with Crippen molar-refractivity contribution < 1.29 is 31.4 Å². The topological polar surface area (TPSA) is 50.2 Å². The Bertz CT molecular complexity index is 1320. The molecule has 3 rings (SSSR count). The van der Waals surface area contributed by atoms with Crippen LogP contribution in [0.4, 0.5) is 0 Å². The molecule has 1 aromatic heterocycles.